The van der Waals surface area contributed by atoms with Gasteiger partial charge in [-0.25, -0.2) is 0 Å². The number of nitrogens with one attached hydrogen (secondary N) is 1. The second-order valence-corrected chi connectivity index (χ2v) is 5.09. The van der Waals surface area contributed by atoms with Crippen molar-refractivity contribution in [1.29, 1.82) is 0 Å². The van der Waals surface area contributed by atoms with Crippen molar-refractivity contribution in [3.05, 3.63) is 0 Å². The number of nitrogens with zero attached hydrogens (tertiary/aromatic N) is 2. The molecule has 6 nitrogen and oxygen atoms in total. The van der Waals surface area contributed by atoms with Gasteiger partial charge in [0.2, 0.25) is 11.8 Å². The Kier molecular flexibility index (Phi) is 4.54. The van der Waals surface area contributed by atoms with E-state index in [1.165, 1.54) is 0 Å². The summed E-state index contributed by atoms with van der Waals surface area (Å²) in [6.07, 6.45) is 2.34. The molecule has 2 fully saturated rings. The van der Waals surface area contributed by atoms with Crippen LogP contribution in [0.5, 0.6) is 0 Å². The van der Waals surface area contributed by atoms with Crippen LogP contribution in [0.2, 0.25) is 0 Å². The van der Waals surface area contributed by atoms with Crippen molar-refractivity contribution in [2.45, 2.75) is 25.3 Å². The van der Waals surface area contributed by atoms with Gasteiger partial charge in [0.1, 0.15) is 0 Å². The molecule has 0 aromatic carbocycles. The zero-order valence-corrected chi connectivity index (χ0v) is 10.7. The molecular formula is C12H22N4O2. The highest BCUT2D eigenvalue weighted by molar-refractivity contribution is 5.81. The lowest BCUT2D eigenvalue weighted by Crippen LogP contribution is -2.46. The van der Waals surface area contributed by atoms with E-state index in [0.717, 1.165) is 25.9 Å². The highest BCUT2D eigenvalue weighted by atomic mass is 16.2. The molecule has 0 aromatic rings. The molecule has 2 heterocycles. The van der Waals surface area contributed by atoms with Crippen molar-refractivity contribution >= 4 is 11.8 Å². The number of carbonyl (C=O) groups is 2. The van der Waals surface area contributed by atoms with Crippen molar-refractivity contribution in [3.63, 3.8) is 0 Å². The Hall–Kier alpha value is -1.14. The summed E-state index contributed by atoms with van der Waals surface area (Å²) < 4.78 is 0. The molecule has 2 aliphatic rings. The van der Waals surface area contributed by atoms with E-state index in [1.54, 1.807) is 4.90 Å². The molecule has 3 N–H and O–H groups in total. The van der Waals surface area contributed by atoms with Crippen LogP contribution < -0.4 is 11.1 Å². The van der Waals surface area contributed by atoms with Crippen LogP contribution in [0.3, 0.4) is 0 Å². The average Bonchev–Trinajstić information content (AvgIpc) is 2.57. The largest absolute Gasteiger partial charge is 0.354 e. The zero-order chi connectivity index (χ0) is 13.0. The zero-order valence-electron chi connectivity index (χ0n) is 10.7. The molecule has 2 saturated heterocycles. The molecular weight excluding hydrogens is 232 g/mol. The monoisotopic (exact) mass is 254 g/mol. The summed E-state index contributed by atoms with van der Waals surface area (Å²) in [6.45, 7) is 3.99. The third-order valence-corrected chi connectivity index (χ3v) is 3.66. The third-order valence-electron chi connectivity index (χ3n) is 3.66. The van der Waals surface area contributed by atoms with Crippen LogP contribution in [0.1, 0.15) is 19.3 Å². The molecule has 0 atom stereocenters. The quantitative estimate of drug-likeness (QED) is 0.646. The molecule has 0 bridgehead atoms. The molecule has 2 aliphatic heterocycles. The van der Waals surface area contributed by atoms with Gasteiger partial charge in [-0.05, 0) is 12.8 Å². The summed E-state index contributed by atoms with van der Waals surface area (Å²) in [5.41, 5.74) is 5.84. The van der Waals surface area contributed by atoms with Crippen LogP contribution >= 0.6 is 0 Å². The molecule has 0 saturated carbocycles. The van der Waals surface area contributed by atoms with E-state index in [-0.39, 0.29) is 17.9 Å². The highest BCUT2D eigenvalue weighted by Gasteiger charge is 2.22. The Balaban J connectivity index is 1.78. The topological polar surface area (TPSA) is 78.7 Å². The van der Waals surface area contributed by atoms with Gasteiger partial charge in [-0.1, -0.05) is 0 Å². The smallest absolute Gasteiger partial charge is 0.236 e. The number of carbonyl (C=O) groups excluding carboxylic acids is 2. The van der Waals surface area contributed by atoms with Gasteiger partial charge in [0.15, 0.2) is 0 Å². The summed E-state index contributed by atoms with van der Waals surface area (Å²) in [5, 5.41) is 2.78. The SMILES string of the molecule is NC1CCN(CC(=O)N2CCNC(=O)CC2)CC1. The maximum atomic E-state index is 12.1. The Morgan fingerprint density at radius 2 is 2.00 bits per heavy atom. The fraction of sp³-hybridized carbons (Fsp3) is 0.833. The van der Waals surface area contributed by atoms with Gasteiger partial charge in [-0.2, -0.15) is 0 Å². The number of hydrogen-bond donors (Lipinski definition) is 2. The number of hydrogen-bond acceptors (Lipinski definition) is 4. The normalized spacial score (nSPS) is 23.6. The number of rotatable bonds is 2. The van der Waals surface area contributed by atoms with Gasteiger partial charge >= 0.3 is 0 Å². The Morgan fingerprint density at radius 1 is 1.28 bits per heavy atom. The minimum atomic E-state index is 0.0363. The van der Waals surface area contributed by atoms with E-state index < -0.39 is 0 Å². The summed E-state index contributed by atoms with van der Waals surface area (Å²) >= 11 is 0. The van der Waals surface area contributed by atoms with Gasteiger partial charge in [-0.3, -0.25) is 14.5 Å². The second-order valence-electron chi connectivity index (χ2n) is 5.09. The second kappa shape index (κ2) is 6.15. The Morgan fingerprint density at radius 3 is 2.72 bits per heavy atom. The summed E-state index contributed by atoms with van der Waals surface area (Å²) in [6, 6.07) is 0.288. The summed E-state index contributed by atoms with van der Waals surface area (Å²) in [7, 11) is 0. The summed E-state index contributed by atoms with van der Waals surface area (Å²) in [4.78, 5) is 27.3. The van der Waals surface area contributed by atoms with Gasteiger partial charge < -0.3 is 16.0 Å². The molecule has 18 heavy (non-hydrogen) atoms. The fourth-order valence-corrected chi connectivity index (χ4v) is 2.42. The summed E-state index contributed by atoms with van der Waals surface area (Å²) in [5.74, 6) is 0.163. The Labute approximate surface area is 107 Å². The van der Waals surface area contributed by atoms with Gasteiger partial charge in [0.25, 0.3) is 0 Å². The van der Waals surface area contributed by atoms with Gasteiger partial charge in [0, 0.05) is 45.2 Å². The molecule has 2 amide bonds. The minimum Gasteiger partial charge on any atom is -0.354 e. The molecule has 6 heteroatoms. The minimum absolute atomic E-state index is 0.0363. The van der Waals surface area contributed by atoms with Crippen LogP contribution in [0, 0.1) is 0 Å². The van der Waals surface area contributed by atoms with Crippen molar-refractivity contribution in [3.8, 4) is 0 Å². The Bertz CT molecular complexity index is 313. The first-order valence-electron chi connectivity index (χ1n) is 6.67. The van der Waals surface area contributed by atoms with Crippen molar-refractivity contribution in [2.24, 2.45) is 5.73 Å². The predicted octanol–water partition coefficient (Wildman–Crippen LogP) is -1.24. The molecule has 0 aromatic heterocycles. The maximum absolute atomic E-state index is 12.1. The van der Waals surface area contributed by atoms with Crippen molar-refractivity contribution in [1.82, 2.24) is 15.1 Å². The number of nitrogens with two attached hydrogens (primary N) is 1. The lowest BCUT2D eigenvalue weighted by atomic mass is 10.1. The lowest BCUT2D eigenvalue weighted by molar-refractivity contribution is -0.132. The molecule has 0 radical (unpaired) electrons. The standard InChI is InChI=1S/C12H22N4O2/c13-10-1-5-15(6-2-10)9-12(18)16-7-3-11(17)14-4-8-16/h10H,1-9,13H2,(H,14,17). The van der Waals surface area contributed by atoms with Crippen LogP contribution in [0.25, 0.3) is 0 Å². The van der Waals surface area contributed by atoms with Crippen LogP contribution in [0.15, 0.2) is 0 Å². The van der Waals surface area contributed by atoms with Crippen LogP contribution in [0.4, 0.5) is 0 Å². The first kappa shape index (κ1) is 13.3. The van der Waals surface area contributed by atoms with E-state index in [4.69, 9.17) is 5.73 Å². The third kappa shape index (κ3) is 3.68. The van der Waals surface area contributed by atoms with E-state index in [2.05, 4.69) is 10.2 Å². The number of piperidine rings is 1. The molecule has 0 unspecified atom stereocenters. The van der Waals surface area contributed by atoms with E-state index in [0.29, 0.717) is 32.6 Å². The maximum Gasteiger partial charge on any atom is 0.236 e. The van der Waals surface area contributed by atoms with Crippen LogP contribution in [-0.2, 0) is 9.59 Å². The highest BCUT2D eigenvalue weighted by Crippen LogP contribution is 2.08. The first-order chi connectivity index (χ1) is 8.65. The van der Waals surface area contributed by atoms with Crippen molar-refractivity contribution < 1.29 is 9.59 Å². The van der Waals surface area contributed by atoms with E-state index in [1.807, 2.05) is 0 Å². The number of amides is 2. The average molecular weight is 254 g/mol. The van der Waals surface area contributed by atoms with Gasteiger partial charge in [-0.15, -0.1) is 0 Å². The first-order valence-corrected chi connectivity index (χ1v) is 6.67. The lowest BCUT2D eigenvalue weighted by Gasteiger charge is -2.31. The van der Waals surface area contributed by atoms with Gasteiger partial charge in [0.05, 0.1) is 6.54 Å². The van der Waals surface area contributed by atoms with E-state index >= 15 is 0 Å². The number of likely N-dealkylation sites (tertiary alicyclic amines) is 1. The molecule has 102 valence electrons. The van der Waals surface area contributed by atoms with Crippen LogP contribution in [-0.4, -0.2) is 66.9 Å². The molecule has 0 spiro atoms. The van der Waals surface area contributed by atoms with E-state index in [9.17, 15) is 9.59 Å². The van der Waals surface area contributed by atoms with Crippen molar-refractivity contribution in [2.75, 3.05) is 39.3 Å². The molecule has 2 rings (SSSR count). The predicted molar refractivity (Wildman–Crippen MR) is 67.9 cm³/mol. The molecule has 0 aliphatic carbocycles. The fourth-order valence-electron chi connectivity index (χ4n) is 2.42.